The van der Waals surface area contributed by atoms with Gasteiger partial charge in [0.15, 0.2) is 0 Å². The van der Waals surface area contributed by atoms with Gasteiger partial charge < -0.3 is 5.73 Å². The van der Waals surface area contributed by atoms with E-state index in [-0.39, 0.29) is 18.0 Å². The fourth-order valence-electron chi connectivity index (χ4n) is 1.74. The van der Waals surface area contributed by atoms with Gasteiger partial charge >= 0.3 is 0 Å². The summed E-state index contributed by atoms with van der Waals surface area (Å²) in [6.07, 6.45) is 8.71. The number of nitrogens with zero attached hydrogens (tertiary/aromatic N) is 1. The van der Waals surface area contributed by atoms with Crippen molar-refractivity contribution in [2.45, 2.75) is 23.9 Å². The van der Waals surface area contributed by atoms with Gasteiger partial charge in [-0.1, -0.05) is 24.3 Å². The number of allylic oxidation sites excluding steroid dienone is 2. The number of amides is 1. The van der Waals surface area contributed by atoms with Crippen molar-refractivity contribution < 1.29 is 4.79 Å². The number of carbonyl (C=O) groups is 1. The second-order valence-corrected chi connectivity index (χ2v) is 4.22. The summed E-state index contributed by atoms with van der Waals surface area (Å²) in [6, 6.07) is -0.255. The van der Waals surface area contributed by atoms with Gasteiger partial charge in [0.1, 0.15) is 5.38 Å². The predicted octanol–water partition coefficient (Wildman–Crippen LogP) is 0.153. The van der Waals surface area contributed by atoms with E-state index >= 15 is 0 Å². The highest BCUT2D eigenvalue weighted by Crippen LogP contribution is 2.17. The van der Waals surface area contributed by atoms with Crippen molar-refractivity contribution in [1.82, 2.24) is 10.4 Å². The summed E-state index contributed by atoms with van der Waals surface area (Å²) in [4.78, 5) is 11.8. The third-order valence-corrected chi connectivity index (χ3v) is 3.15. The van der Waals surface area contributed by atoms with Gasteiger partial charge in [-0.05, 0) is 6.42 Å². The van der Waals surface area contributed by atoms with Crippen LogP contribution in [0.1, 0.15) is 6.42 Å². The van der Waals surface area contributed by atoms with Crippen molar-refractivity contribution in [3.05, 3.63) is 24.3 Å². The number of rotatable bonds is 1. The summed E-state index contributed by atoms with van der Waals surface area (Å²) < 4.78 is 0. The fraction of sp³-hybridized carbons (Fsp3) is 0.500. The molecule has 0 aromatic carbocycles. The molecule has 2 aliphatic rings. The summed E-state index contributed by atoms with van der Waals surface area (Å²) in [5, 5.41) is 0.964. The molecule has 5 heteroatoms. The van der Waals surface area contributed by atoms with E-state index in [2.05, 4.69) is 5.43 Å². The molecule has 3 atom stereocenters. The van der Waals surface area contributed by atoms with Gasteiger partial charge in [0, 0.05) is 12.6 Å². The Morgan fingerprint density at radius 1 is 1.53 bits per heavy atom. The minimum Gasteiger partial charge on any atom is -0.325 e. The second-order valence-electron chi connectivity index (χ2n) is 3.75. The minimum atomic E-state index is -0.620. The van der Waals surface area contributed by atoms with E-state index in [0.29, 0.717) is 6.54 Å². The number of nitrogens with two attached hydrogens (primary N) is 1. The maximum atomic E-state index is 11.8. The van der Waals surface area contributed by atoms with E-state index in [9.17, 15) is 4.79 Å². The molecule has 0 aromatic rings. The standard InChI is InChI=1S/C10H14ClN3O/c11-9-8(12)6-13-14(10(9)15)7-4-2-1-3-5-7/h1-4,7-9,13H,5-6,12H2. The van der Waals surface area contributed by atoms with Crippen LogP contribution in [0.15, 0.2) is 24.3 Å². The third-order valence-electron chi connectivity index (χ3n) is 2.64. The van der Waals surface area contributed by atoms with Crippen LogP contribution in [0.25, 0.3) is 0 Å². The normalized spacial score (nSPS) is 36.0. The van der Waals surface area contributed by atoms with Gasteiger partial charge in [-0.3, -0.25) is 9.80 Å². The maximum absolute atomic E-state index is 11.8. The van der Waals surface area contributed by atoms with Crippen LogP contribution in [0.3, 0.4) is 0 Å². The van der Waals surface area contributed by atoms with E-state index < -0.39 is 5.38 Å². The van der Waals surface area contributed by atoms with Crippen molar-refractivity contribution >= 4 is 17.5 Å². The zero-order valence-electron chi connectivity index (χ0n) is 8.27. The van der Waals surface area contributed by atoms with Crippen molar-refractivity contribution in [1.29, 1.82) is 0 Å². The molecular formula is C10H14ClN3O. The largest absolute Gasteiger partial charge is 0.325 e. The number of alkyl halides is 1. The second kappa shape index (κ2) is 4.35. The molecule has 1 fully saturated rings. The Balaban J connectivity index is 2.07. The molecule has 2 rings (SSSR count). The molecular weight excluding hydrogens is 214 g/mol. The number of hydrogen-bond acceptors (Lipinski definition) is 3. The lowest BCUT2D eigenvalue weighted by Gasteiger charge is -2.38. The lowest BCUT2D eigenvalue weighted by atomic mass is 10.1. The summed E-state index contributed by atoms with van der Waals surface area (Å²) >= 11 is 5.93. The van der Waals surface area contributed by atoms with Crippen LogP contribution in [0.2, 0.25) is 0 Å². The Bertz CT molecular complexity index is 316. The maximum Gasteiger partial charge on any atom is 0.256 e. The zero-order chi connectivity index (χ0) is 10.8. The number of nitrogens with one attached hydrogen (secondary N) is 1. The highest BCUT2D eigenvalue weighted by Gasteiger charge is 2.35. The van der Waals surface area contributed by atoms with Gasteiger partial charge in [-0.15, -0.1) is 11.6 Å². The summed E-state index contributed by atoms with van der Waals surface area (Å²) in [5.74, 6) is -0.139. The van der Waals surface area contributed by atoms with Crippen molar-refractivity contribution in [3.63, 3.8) is 0 Å². The molecule has 3 unspecified atom stereocenters. The van der Waals surface area contributed by atoms with E-state index in [1.807, 2.05) is 24.3 Å². The quantitative estimate of drug-likeness (QED) is 0.628. The molecule has 1 heterocycles. The molecule has 3 N–H and O–H groups in total. The third kappa shape index (κ3) is 2.07. The van der Waals surface area contributed by atoms with E-state index in [4.69, 9.17) is 17.3 Å². The van der Waals surface area contributed by atoms with Crippen LogP contribution in [-0.4, -0.2) is 34.9 Å². The molecule has 0 radical (unpaired) electrons. The van der Waals surface area contributed by atoms with E-state index in [1.54, 1.807) is 5.01 Å². The average molecular weight is 228 g/mol. The zero-order valence-corrected chi connectivity index (χ0v) is 9.02. The lowest BCUT2D eigenvalue weighted by molar-refractivity contribution is -0.138. The van der Waals surface area contributed by atoms with Crippen LogP contribution < -0.4 is 11.2 Å². The molecule has 82 valence electrons. The number of carbonyl (C=O) groups excluding carboxylic acids is 1. The fourth-order valence-corrected chi connectivity index (χ4v) is 1.94. The van der Waals surface area contributed by atoms with Crippen LogP contribution in [0, 0.1) is 0 Å². The van der Waals surface area contributed by atoms with Crippen LogP contribution in [0.5, 0.6) is 0 Å². The first-order valence-electron chi connectivity index (χ1n) is 4.99. The van der Waals surface area contributed by atoms with Gasteiger partial charge in [0.25, 0.3) is 5.91 Å². The van der Waals surface area contributed by atoms with Crippen molar-refractivity contribution in [2.75, 3.05) is 6.54 Å². The monoisotopic (exact) mass is 227 g/mol. The number of hydrogen-bond donors (Lipinski definition) is 2. The summed E-state index contributed by atoms with van der Waals surface area (Å²) in [5.41, 5.74) is 8.69. The smallest absolute Gasteiger partial charge is 0.256 e. The van der Waals surface area contributed by atoms with E-state index in [0.717, 1.165) is 6.42 Å². The molecule has 0 saturated carbocycles. The molecule has 1 aliphatic heterocycles. The van der Waals surface area contributed by atoms with Gasteiger partial charge in [-0.25, -0.2) is 5.43 Å². The summed E-state index contributed by atoms with van der Waals surface area (Å²) in [7, 11) is 0. The Labute approximate surface area is 93.7 Å². The highest BCUT2D eigenvalue weighted by molar-refractivity contribution is 6.31. The summed E-state index contributed by atoms with van der Waals surface area (Å²) in [6.45, 7) is 0.536. The van der Waals surface area contributed by atoms with Gasteiger partial charge in [0.05, 0.1) is 6.04 Å². The molecule has 0 spiro atoms. The Hall–Kier alpha value is -0.840. The predicted molar refractivity (Wildman–Crippen MR) is 59.2 cm³/mol. The molecule has 1 saturated heterocycles. The molecule has 0 aromatic heterocycles. The lowest BCUT2D eigenvalue weighted by Crippen LogP contribution is -2.63. The topological polar surface area (TPSA) is 58.4 Å². The first-order chi connectivity index (χ1) is 7.20. The Morgan fingerprint density at radius 3 is 3.00 bits per heavy atom. The van der Waals surface area contributed by atoms with Crippen LogP contribution in [-0.2, 0) is 4.79 Å². The molecule has 15 heavy (non-hydrogen) atoms. The Kier molecular flexibility index (Phi) is 3.09. The Morgan fingerprint density at radius 2 is 2.33 bits per heavy atom. The van der Waals surface area contributed by atoms with Crippen molar-refractivity contribution in [2.24, 2.45) is 5.73 Å². The molecule has 4 nitrogen and oxygen atoms in total. The van der Waals surface area contributed by atoms with Crippen molar-refractivity contribution in [3.8, 4) is 0 Å². The first-order valence-corrected chi connectivity index (χ1v) is 5.43. The highest BCUT2D eigenvalue weighted by atomic mass is 35.5. The molecule has 0 bridgehead atoms. The van der Waals surface area contributed by atoms with Crippen LogP contribution in [0.4, 0.5) is 0 Å². The number of hydrazine groups is 1. The SMILES string of the molecule is NC1CNN(C2C=CC=CC2)C(=O)C1Cl. The van der Waals surface area contributed by atoms with Gasteiger partial charge in [0.2, 0.25) is 0 Å². The molecule has 1 aliphatic carbocycles. The average Bonchev–Trinajstić information content (AvgIpc) is 2.27. The minimum absolute atomic E-state index is 0.0521. The first kappa shape index (κ1) is 10.7. The van der Waals surface area contributed by atoms with Gasteiger partial charge in [-0.2, -0.15) is 0 Å². The molecule has 1 amide bonds. The van der Waals surface area contributed by atoms with E-state index in [1.165, 1.54) is 0 Å². The van der Waals surface area contributed by atoms with Crippen LogP contribution >= 0.6 is 11.6 Å². The number of halogens is 1.